The van der Waals surface area contributed by atoms with E-state index in [4.69, 9.17) is 0 Å². The molecule has 0 atom stereocenters. The Morgan fingerprint density at radius 3 is 2.82 bits per heavy atom. The number of hydrogen-bond acceptors (Lipinski definition) is 2. The second-order valence-corrected chi connectivity index (χ2v) is 6.14. The van der Waals surface area contributed by atoms with E-state index in [1.165, 1.54) is 17.0 Å². The quantitative estimate of drug-likeness (QED) is 0.928. The molecule has 0 saturated heterocycles. The lowest BCUT2D eigenvalue weighted by Crippen LogP contribution is -2.23. The van der Waals surface area contributed by atoms with Gasteiger partial charge in [-0.25, -0.2) is 0 Å². The summed E-state index contributed by atoms with van der Waals surface area (Å²) in [5.41, 5.74) is 2.99. The van der Waals surface area contributed by atoms with Crippen molar-refractivity contribution in [3.63, 3.8) is 0 Å². The minimum Gasteiger partial charge on any atom is -0.350 e. The van der Waals surface area contributed by atoms with Gasteiger partial charge in [-0.15, -0.1) is 11.3 Å². The summed E-state index contributed by atoms with van der Waals surface area (Å²) in [6.45, 7) is 2.60. The molecular formula is C12H13BrN2OS. The normalized spacial score (nSPS) is 10.5. The van der Waals surface area contributed by atoms with Gasteiger partial charge in [-0.05, 0) is 41.1 Å². The first-order chi connectivity index (χ1) is 8.08. The average molecular weight is 313 g/mol. The average Bonchev–Trinajstić information content (AvgIpc) is 2.86. The van der Waals surface area contributed by atoms with Crippen LogP contribution in [0.3, 0.4) is 0 Å². The zero-order valence-electron chi connectivity index (χ0n) is 9.66. The van der Waals surface area contributed by atoms with Crippen LogP contribution in [0.4, 0.5) is 0 Å². The van der Waals surface area contributed by atoms with Gasteiger partial charge in [0, 0.05) is 23.8 Å². The van der Waals surface area contributed by atoms with Crippen molar-refractivity contribution < 1.29 is 4.79 Å². The highest BCUT2D eigenvalue weighted by molar-refractivity contribution is 9.11. The first-order valence-corrected chi connectivity index (χ1v) is 6.88. The van der Waals surface area contributed by atoms with Crippen molar-refractivity contribution in [1.82, 2.24) is 9.88 Å². The molecule has 0 fully saturated rings. The molecule has 90 valence electrons. The lowest BCUT2D eigenvalue weighted by atomic mass is 10.3. The predicted octanol–water partition coefficient (Wildman–Crippen LogP) is 3.09. The molecule has 1 amide bonds. The van der Waals surface area contributed by atoms with E-state index >= 15 is 0 Å². The van der Waals surface area contributed by atoms with Crippen LogP contribution in [0.5, 0.6) is 0 Å². The molecule has 17 heavy (non-hydrogen) atoms. The van der Waals surface area contributed by atoms with Crippen LogP contribution in [0.15, 0.2) is 27.4 Å². The largest absolute Gasteiger partial charge is 0.350 e. The number of halogens is 1. The van der Waals surface area contributed by atoms with Crippen molar-refractivity contribution in [2.75, 3.05) is 0 Å². The molecule has 0 aromatic carbocycles. The van der Waals surface area contributed by atoms with E-state index in [1.54, 1.807) is 0 Å². The van der Waals surface area contributed by atoms with Gasteiger partial charge < -0.3 is 9.88 Å². The molecule has 2 aromatic heterocycles. The Kier molecular flexibility index (Phi) is 3.69. The van der Waals surface area contributed by atoms with Gasteiger partial charge in [-0.3, -0.25) is 4.79 Å². The number of thiophene rings is 1. The summed E-state index contributed by atoms with van der Waals surface area (Å²) < 4.78 is 3.04. The van der Waals surface area contributed by atoms with E-state index < -0.39 is 0 Å². The third kappa shape index (κ3) is 2.79. The topological polar surface area (TPSA) is 34.0 Å². The third-order valence-electron chi connectivity index (χ3n) is 2.74. The highest BCUT2D eigenvalue weighted by atomic mass is 79.9. The molecule has 0 radical (unpaired) electrons. The highest BCUT2D eigenvalue weighted by Crippen LogP contribution is 2.20. The number of aryl methyl sites for hydroxylation is 1. The van der Waals surface area contributed by atoms with Crippen LogP contribution in [0, 0.1) is 6.92 Å². The molecule has 2 aromatic rings. The molecule has 0 unspecified atom stereocenters. The summed E-state index contributed by atoms with van der Waals surface area (Å²) in [6.07, 6.45) is 0. The SMILES string of the molecule is Cc1ccc(CNC(=O)c2csc(Br)c2)n1C. The number of rotatable bonds is 3. The first kappa shape index (κ1) is 12.4. The standard InChI is InChI=1S/C12H13BrN2OS/c1-8-3-4-10(15(8)2)6-14-12(16)9-5-11(13)17-7-9/h3-5,7H,6H2,1-2H3,(H,14,16). The van der Waals surface area contributed by atoms with Crippen LogP contribution < -0.4 is 5.32 Å². The smallest absolute Gasteiger partial charge is 0.252 e. The van der Waals surface area contributed by atoms with Gasteiger partial charge in [0.2, 0.25) is 0 Å². The minimum absolute atomic E-state index is 0.0363. The molecule has 0 aliphatic rings. The van der Waals surface area contributed by atoms with E-state index in [9.17, 15) is 4.79 Å². The molecule has 0 saturated carbocycles. The minimum atomic E-state index is -0.0363. The number of nitrogens with one attached hydrogen (secondary N) is 1. The fourth-order valence-electron chi connectivity index (χ4n) is 1.55. The summed E-state index contributed by atoms with van der Waals surface area (Å²) >= 11 is 4.86. The second kappa shape index (κ2) is 5.06. The van der Waals surface area contributed by atoms with Crippen molar-refractivity contribution in [3.8, 4) is 0 Å². The molecule has 0 spiro atoms. The van der Waals surface area contributed by atoms with E-state index in [1.807, 2.05) is 37.6 Å². The van der Waals surface area contributed by atoms with Gasteiger partial charge in [0.05, 0.1) is 15.9 Å². The third-order valence-corrected chi connectivity index (χ3v) is 4.24. The van der Waals surface area contributed by atoms with E-state index in [-0.39, 0.29) is 5.91 Å². The second-order valence-electron chi connectivity index (χ2n) is 3.85. The van der Waals surface area contributed by atoms with Gasteiger partial charge in [0.15, 0.2) is 0 Å². The fraction of sp³-hybridized carbons (Fsp3) is 0.250. The number of amides is 1. The Bertz CT molecular complexity index is 544. The zero-order valence-corrected chi connectivity index (χ0v) is 12.1. The predicted molar refractivity (Wildman–Crippen MR) is 73.3 cm³/mol. The Balaban J connectivity index is 1.99. The maximum absolute atomic E-state index is 11.8. The van der Waals surface area contributed by atoms with Crippen LogP contribution in [-0.2, 0) is 13.6 Å². The summed E-state index contributed by atoms with van der Waals surface area (Å²) in [5, 5.41) is 4.75. The molecule has 0 aliphatic heterocycles. The van der Waals surface area contributed by atoms with Crippen molar-refractivity contribution in [3.05, 3.63) is 44.3 Å². The van der Waals surface area contributed by atoms with Crippen molar-refractivity contribution in [1.29, 1.82) is 0 Å². The Morgan fingerprint density at radius 1 is 1.53 bits per heavy atom. The molecule has 1 N–H and O–H groups in total. The van der Waals surface area contributed by atoms with Gasteiger partial charge in [-0.2, -0.15) is 0 Å². The van der Waals surface area contributed by atoms with Crippen molar-refractivity contribution in [2.24, 2.45) is 7.05 Å². The van der Waals surface area contributed by atoms with Crippen LogP contribution in [0.25, 0.3) is 0 Å². The monoisotopic (exact) mass is 312 g/mol. The maximum atomic E-state index is 11.8. The number of carbonyl (C=O) groups excluding carboxylic acids is 1. The highest BCUT2D eigenvalue weighted by Gasteiger charge is 2.08. The van der Waals surface area contributed by atoms with Crippen molar-refractivity contribution in [2.45, 2.75) is 13.5 Å². The van der Waals surface area contributed by atoms with Gasteiger partial charge in [0.25, 0.3) is 5.91 Å². The summed E-state index contributed by atoms with van der Waals surface area (Å²) in [6, 6.07) is 5.90. The lowest BCUT2D eigenvalue weighted by Gasteiger charge is -2.06. The number of nitrogens with zero attached hydrogens (tertiary/aromatic N) is 1. The van der Waals surface area contributed by atoms with Crippen LogP contribution in [0.2, 0.25) is 0 Å². The summed E-state index contributed by atoms with van der Waals surface area (Å²) in [5.74, 6) is -0.0363. The van der Waals surface area contributed by atoms with E-state index in [0.717, 1.165) is 9.48 Å². The van der Waals surface area contributed by atoms with Gasteiger partial charge in [-0.1, -0.05) is 0 Å². The Hall–Kier alpha value is -1.07. The van der Waals surface area contributed by atoms with Gasteiger partial charge in [0.1, 0.15) is 0 Å². The molecule has 3 nitrogen and oxygen atoms in total. The Labute approximate surface area is 113 Å². The van der Waals surface area contributed by atoms with E-state index in [0.29, 0.717) is 12.1 Å². The maximum Gasteiger partial charge on any atom is 0.252 e. The van der Waals surface area contributed by atoms with Crippen LogP contribution in [0.1, 0.15) is 21.7 Å². The number of hydrogen-bond donors (Lipinski definition) is 1. The number of carbonyl (C=O) groups is 1. The zero-order chi connectivity index (χ0) is 12.4. The summed E-state index contributed by atoms with van der Waals surface area (Å²) in [4.78, 5) is 11.8. The van der Waals surface area contributed by atoms with E-state index in [2.05, 4.69) is 25.8 Å². The molecule has 0 bridgehead atoms. The fourth-order valence-corrected chi connectivity index (χ4v) is 2.68. The molecule has 2 rings (SSSR count). The lowest BCUT2D eigenvalue weighted by molar-refractivity contribution is 0.0950. The van der Waals surface area contributed by atoms with Crippen LogP contribution >= 0.6 is 27.3 Å². The Morgan fingerprint density at radius 2 is 2.29 bits per heavy atom. The molecule has 0 aliphatic carbocycles. The van der Waals surface area contributed by atoms with Crippen LogP contribution in [-0.4, -0.2) is 10.5 Å². The first-order valence-electron chi connectivity index (χ1n) is 5.21. The molecule has 2 heterocycles. The van der Waals surface area contributed by atoms with Crippen molar-refractivity contribution >= 4 is 33.2 Å². The summed E-state index contributed by atoms with van der Waals surface area (Å²) in [7, 11) is 2.00. The van der Waals surface area contributed by atoms with Gasteiger partial charge >= 0.3 is 0 Å². The number of aromatic nitrogens is 1. The molecular weight excluding hydrogens is 300 g/mol. The molecule has 5 heteroatoms.